The maximum atomic E-state index is 12.4. The Kier molecular flexibility index (Phi) is 4.89. The molecule has 0 unspecified atom stereocenters. The van der Waals surface area contributed by atoms with Crippen molar-refractivity contribution in [1.29, 1.82) is 0 Å². The maximum absolute atomic E-state index is 12.4. The number of rotatable bonds is 4. The van der Waals surface area contributed by atoms with Crippen molar-refractivity contribution in [2.75, 3.05) is 11.9 Å². The minimum atomic E-state index is -0.887. The molecule has 0 bridgehead atoms. The van der Waals surface area contributed by atoms with Gasteiger partial charge in [0.25, 0.3) is 5.91 Å². The van der Waals surface area contributed by atoms with Crippen molar-refractivity contribution in [1.82, 2.24) is 0 Å². The van der Waals surface area contributed by atoms with Crippen molar-refractivity contribution in [3.8, 4) is 0 Å². The van der Waals surface area contributed by atoms with Crippen LogP contribution in [0.3, 0.4) is 0 Å². The Hall–Kier alpha value is -2.56. The number of benzene rings is 1. The van der Waals surface area contributed by atoms with Crippen molar-refractivity contribution in [3.63, 3.8) is 0 Å². The van der Waals surface area contributed by atoms with Gasteiger partial charge in [-0.3, -0.25) is 4.79 Å². The Morgan fingerprint density at radius 3 is 2.22 bits per heavy atom. The van der Waals surface area contributed by atoms with Gasteiger partial charge in [-0.1, -0.05) is 18.2 Å². The molecule has 2 aromatic rings. The van der Waals surface area contributed by atoms with Gasteiger partial charge < -0.3 is 14.1 Å². The van der Waals surface area contributed by atoms with Gasteiger partial charge in [-0.05, 0) is 39.8 Å². The summed E-state index contributed by atoms with van der Waals surface area (Å²) in [6.45, 7) is 6.86. The minimum absolute atomic E-state index is 0.292. The normalized spacial score (nSPS) is 11.9. The van der Waals surface area contributed by atoms with Crippen molar-refractivity contribution in [2.45, 2.75) is 33.8 Å². The SMILES string of the molecule is Cc1oc(C)c(C(=O)O[C@H](C)C(=O)N(C)c2ccccc2)c1C. The highest BCUT2D eigenvalue weighted by atomic mass is 16.5. The van der Waals surface area contributed by atoms with E-state index in [0.717, 1.165) is 11.3 Å². The van der Waals surface area contributed by atoms with E-state index in [1.54, 1.807) is 34.7 Å². The molecular weight excluding hydrogens is 294 g/mol. The molecule has 23 heavy (non-hydrogen) atoms. The van der Waals surface area contributed by atoms with Gasteiger partial charge in [-0.2, -0.15) is 0 Å². The maximum Gasteiger partial charge on any atom is 0.342 e. The first-order chi connectivity index (χ1) is 10.8. The summed E-state index contributed by atoms with van der Waals surface area (Å²) in [7, 11) is 1.65. The molecule has 0 N–H and O–H groups in total. The zero-order valence-electron chi connectivity index (χ0n) is 14.0. The van der Waals surface area contributed by atoms with E-state index in [1.165, 1.54) is 4.90 Å². The molecule has 2 rings (SSSR count). The monoisotopic (exact) mass is 315 g/mol. The van der Waals surface area contributed by atoms with E-state index in [-0.39, 0.29) is 5.91 Å². The first-order valence-electron chi connectivity index (χ1n) is 7.43. The summed E-state index contributed by atoms with van der Waals surface area (Å²) in [4.78, 5) is 26.2. The molecule has 0 saturated carbocycles. The van der Waals surface area contributed by atoms with Crippen molar-refractivity contribution < 1.29 is 18.7 Å². The van der Waals surface area contributed by atoms with Crippen LogP contribution in [0.4, 0.5) is 5.69 Å². The van der Waals surface area contributed by atoms with E-state index in [4.69, 9.17) is 9.15 Å². The van der Waals surface area contributed by atoms with Crippen LogP contribution in [-0.2, 0) is 9.53 Å². The Morgan fingerprint density at radius 1 is 1.09 bits per heavy atom. The van der Waals surface area contributed by atoms with E-state index in [2.05, 4.69) is 0 Å². The van der Waals surface area contributed by atoms with Crippen LogP contribution in [0.5, 0.6) is 0 Å². The molecule has 0 spiro atoms. The summed E-state index contributed by atoms with van der Waals surface area (Å²) in [6, 6.07) is 9.20. The fraction of sp³-hybridized carbons (Fsp3) is 0.333. The second-order valence-electron chi connectivity index (χ2n) is 5.49. The van der Waals surface area contributed by atoms with Crippen molar-refractivity contribution in [2.24, 2.45) is 0 Å². The average Bonchev–Trinajstić information content (AvgIpc) is 2.79. The Balaban J connectivity index is 2.10. The largest absolute Gasteiger partial charge is 0.465 e. The number of nitrogens with zero attached hydrogens (tertiary/aromatic N) is 1. The average molecular weight is 315 g/mol. The summed E-state index contributed by atoms with van der Waals surface area (Å²) < 4.78 is 10.8. The standard InChI is InChI=1S/C18H21NO4/c1-11-12(2)22-13(3)16(11)18(21)23-14(4)17(20)19(5)15-9-7-6-8-10-15/h6-10,14H,1-5H3/t14-/m1/s1. The fourth-order valence-electron chi connectivity index (χ4n) is 2.42. The molecule has 1 aromatic heterocycles. The summed E-state index contributed by atoms with van der Waals surface area (Å²) in [5.74, 6) is 0.343. The Morgan fingerprint density at radius 2 is 1.70 bits per heavy atom. The van der Waals surface area contributed by atoms with Crippen LogP contribution in [0.15, 0.2) is 34.7 Å². The lowest BCUT2D eigenvalue weighted by Crippen LogP contribution is -2.37. The number of furan rings is 1. The summed E-state index contributed by atoms with van der Waals surface area (Å²) in [6.07, 6.45) is -0.887. The van der Waals surface area contributed by atoms with E-state index in [1.807, 2.05) is 30.3 Å². The zero-order chi connectivity index (χ0) is 17.1. The van der Waals surface area contributed by atoms with E-state index in [0.29, 0.717) is 17.1 Å². The second kappa shape index (κ2) is 6.69. The Labute approximate surface area is 135 Å². The molecule has 1 aromatic carbocycles. The number of likely N-dealkylation sites (N-methyl/N-ethyl adjacent to an activating group) is 1. The number of amides is 1. The van der Waals surface area contributed by atoms with Gasteiger partial charge in [0.1, 0.15) is 17.1 Å². The van der Waals surface area contributed by atoms with Crippen LogP contribution in [0, 0.1) is 20.8 Å². The molecule has 1 heterocycles. The number of esters is 1. The zero-order valence-corrected chi connectivity index (χ0v) is 14.0. The van der Waals surface area contributed by atoms with Gasteiger partial charge in [0.05, 0.1) is 0 Å². The fourth-order valence-corrected chi connectivity index (χ4v) is 2.42. The molecule has 0 aliphatic carbocycles. The molecule has 0 aliphatic heterocycles. The van der Waals surface area contributed by atoms with Crippen molar-refractivity contribution in [3.05, 3.63) is 53.0 Å². The summed E-state index contributed by atoms with van der Waals surface area (Å²) in [5, 5.41) is 0. The van der Waals surface area contributed by atoms with Crippen LogP contribution in [0.1, 0.15) is 34.4 Å². The number of anilines is 1. The summed E-state index contributed by atoms with van der Waals surface area (Å²) in [5.41, 5.74) is 1.87. The molecule has 0 saturated heterocycles. The van der Waals surface area contributed by atoms with Gasteiger partial charge in [-0.25, -0.2) is 4.79 Å². The van der Waals surface area contributed by atoms with Gasteiger partial charge >= 0.3 is 5.97 Å². The first kappa shape index (κ1) is 16.8. The van der Waals surface area contributed by atoms with Crippen LogP contribution in [0.25, 0.3) is 0 Å². The topological polar surface area (TPSA) is 59.8 Å². The number of carbonyl (C=O) groups is 2. The molecule has 0 fully saturated rings. The highest BCUT2D eigenvalue weighted by molar-refractivity contribution is 5.99. The Bertz CT molecular complexity index is 718. The van der Waals surface area contributed by atoms with Crippen molar-refractivity contribution >= 4 is 17.6 Å². The van der Waals surface area contributed by atoms with E-state index in [9.17, 15) is 9.59 Å². The molecular formula is C18H21NO4. The van der Waals surface area contributed by atoms with Gasteiger partial charge in [-0.15, -0.1) is 0 Å². The number of aryl methyl sites for hydroxylation is 2. The first-order valence-corrected chi connectivity index (χ1v) is 7.43. The lowest BCUT2D eigenvalue weighted by atomic mass is 10.1. The quantitative estimate of drug-likeness (QED) is 0.811. The molecule has 0 aliphatic rings. The predicted molar refractivity (Wildman–Crippen MR) is 87.6 cm³/mol. The lowest BCUT2D eigenvalue weighted by Gasteiger charge is -2.21. The molecule has 5 nitrogen and oxygen atoms in total. The summed E-state index contributed by atoms with van der Waals surface area (Å²) >= 11 is 0. The minimum Gasteiger partial charge on any atom is -0.465 e. The van der Waals surface area contributed by atoms with Crippen LogP contribution in [-0.4, -0.2) is 25.0 Å². The van der Waals surface area contributed by atoms with Gasteiger partial charge in [0.2, 0.25) is 0 Å². The number of hydrogen-bond acceptors (Lipinski definition) is 4. The van der Waals surface area contributed by atoms with Crippen LogP contribution in [0.2, 0.25) is 0 Å². The molecule has 1 atom stereocenters. The third-order valence-electron chi connectivity index (χ3n) is 3.87. The molecule has 0 radical (unpaired) electrons. The number of hydrogen-bond donors (Lipinski definition) is 0. The number of ether oxygens (including phenoxy) is 1. The number of para-hydroxylation sites is 1. The van der Waals surface area contributed by atoms with E-state index < -0.39 is 12.1 Å². The molecule has 5 heteroatoms. The van der Waals surface area contributed by atoms with Crippen LogP contribution >= 0.6 is 0 Å². The third kappa shape index (κ3) is 3.44. The lowest BCUT2D eigenvalue weighted by molar-refractivity contribution is -0.126. The van der Waals surface area contributed by atoms with Crippen LogP contribution < -0.4 is 4.90 Å². The van der Waals surface area contributed by atoms with E-state index >= 15 is 0 Å². The number of carbonyl (C=O) groups excluding carboxylic acids is 2. The molecule has 122 valence electrons. The highest BCUT2D eigenvalue weighted by Gasteiger charge is 2.26. The smallest absolute Gasteiger partial charge is 0.342 e. The highest BCUT2D eigenvalue weighted by Crippen LogP contribution is 2.22. The second-order valence-corrected chi connectivity index (χ2v) is 5.49. The molecule has 1 amide bonds. The van der Waals surface area contributed by atoms with Gasteiger partial charge in [0, 0.05) is 18.3 Å². The van der Waals surface area contributed by atoms with Gasteiger partial charge in [0.15, 0.2) is 6.10 Å². The predicted octanol–water partition coefficient (Wildman–Crippen LogP) is 3.41. The third-order valence-corrected chi connectivity index (χ3v) is 3.87.